The average molecular weight is 311 g/mol. The lowest BCUT2D eigenvalue weighted by Crippen LogP contribution is -2.17. The number of phenolic OH excluding ortho intramolecular Hbond substituents is 1. The summed E-state index contributed by atoms with van der Waals surface area (Å²) in [6, 6.07) is 4.40. The molecule has 1 aromatic rings. The Bertz CT molecular complexity index is 626. The minimum absolute atomic E-state index is 0.0635. The summed E-state index contributed by atoms with van der Waals surface area (Å²) in [5, 5.41) is 20.7. The van der Waals surface area contributed by atoms with E-state index in [-0.39, 0.29) is 17.4 Å². The summed E-state index contributed by atoms with van der Waals surface area (Å²) in [7, 11) is 0. The average Bonchev–Trinajstić information content (AvgIpc) is 2.66. The lowest BCUT2D eigenvalue weighted by atomic mass is 10.2. The summed E-state index contributed by atoms with van der Waals surface area (Å²) in [6.07, 6.45) is 1.57. The van der Waals surface area contributed by atoms with Gasteiger partial charge in [0.15, 0.2) is 18.1 Å². The van der Waals surface area contributed by atoms with E-state index in [9.17, 15) is 14.7 Å². The number of aromatic hydroxyl groups is 1. The molecule has 0 aliphatic carbocycles. The van der Waals surface area contributed by atoms with Crippen LogP contribution in [0.25, 0.3) is 6.08 Å². The Kier molecular flexibility index (Phi) is 4.26. The van der Waals surface area contributed by atoms with Gasteiger partial charge in [0.2, 0.25) is 0 Å². The Labute approximate surface area is 123 Å². The lowest BCUT2D eigenvalue weighted by molar-refractivity contribution is -0.139. The van der Waals surface area contributed by atoms with Crippen LogP contribution in [0.5, 0.6) is 11.5 Å². The molecule has 2 rings (SSSR count). The molecule has 1 saturated heterocycles. The summed E-state index contributed by atoms with van der Waals surface area (Å²) in [5.41, 5.74) is 0.576. The minimum Gasteiger partial charge on any atom is -0.504 e. The van der Waals surface area contributed by atoms with Crippen molar-refractivity contribution in [2.24, 2.45) is 0 Å². The van der Waals surface area contributed by atoms with Crippen LogP contribution in [0.2, 0.25) is 0 Å². The third kappa shape index (κ3) is 3.49. The van der Waals surface area contributed by atoms with E-state index >= 15 is 0 Å². The number of amides is 1. The lowest BCUT2D eigenvalue weighted by Gasteiger charge is -2.06. The number of carboxylic acid groups (broad SMARTS) is 1. The van der Waals surface area contributed by atoms with Gasteiger partial charge in [-0.15, -0.1) is 0 Å². The molecule has 104 valence electrons. The molecular weight excluding hydrogens is 302 g/mol. The molecule has 0 radical (unpaired) electrons. The number of thioether (sulfide) groups is 1. The van der Waals surface area contributed by atoms with Gasteiger partial charge in [0.05, 0.1) is 4.91 Å². The monoisotopic (exact) mass is 311 g/mol. The maximum absolute atomic E-state index is 11.5. The van der Waals surface area contributed by atoms with Crippen LogP contribution < -0.4 is 10.1 Å². The van der Waals surface area contributed by atoms with Crippen molar-refractivity contribution in [3.8, 4) is 11.5 Å². The van der Waals surface area contributed by atoms with E-state index in [0.29, 0.717) is 14.8 Å². The van der Waals surface area contributed by atoms with E-state index < -0.39 is 12.6 Å². The van der Waals surface area contributed by atoms with Gasteiger partial charge < -0.3 is 20.3 Å². The number of aliphatic carboxylic acids is 1. The van der Waals surface area contributed by atoms with Gasteiger partial charge in [-0.3, -0.25) is 4.79 Å². The first-order valence-electron chi connectivity index (χ1n) is 5.38. The number of hydrogen-bond acceptors (Lipinski definition) is 6. The molecule has 1 amide bonds. The molecule has 0 aromatic heterocycles. The molecule has 1 heterocycles. The van der Waals surface area contributed by atoms with Crippen molar-refractivity contribution in [2.45, 2.75) is 0 Å². The van der Waals surface area contributed by atoms with Gasteiger partial charge in [-0.25, -0.2) is 4.79 Å². The molecule has 1 aliphatic heterocycles. The molecule has 3 N–H and O–H groups in total. The Hall–Kier alpha value is -2.06. The van der Waals surface area contributed by atoms with Crippen LogP contribution in [0.15, 0.2) is 23.1 Å². The molecule has 0 bridgehead atoms. The molecule has 8 heteroatoms. The van der Waals surface area contributed by atoms with E-state index in [4.69, 9.17) is 22.1 Å². The predicted octanol–water partition coefficient (Wildman–Crippen LogP) is 1.34. The quantitative estimate of drug-likeness (QED) is 0.570. The summed E-state index contributed by atoms with van der Waals surface area (Å²) in [4.78, 5) is 22.3. The molecule has 1 fully saturated rings. The summed E-state index contributed by atoms with van der Waals surface area (Å²) < 4.78 is 5.27. The van der Waals surface area contributed by atoms with E-state index in [1.807, 2.05) is 0 Å². The van der Waals surface area contributed by atoms with Gasteiger partial charge in [0, 0.05) is 0 Å². The molecule has 20 heavy (non-hydrogen) atoms. The highest BCUT2D eigenvalue weighted by Crippen LogP contribution is 2.30. The molecule has 0 saturated carbocycles. The maximum Gasteiger partial charge on any atom is 0.341 e. The van der Waals surface area contributed by atoms with Crippen molar-refractivity contribution in [3.05, 3.63) is 28.7 Å². The third-order valence-electron chi connectivity index (χ3n) is 2.27. The molecule has 0 atom stereocenters. The number of ether oxygens (including phenoxy) is 1. The SMILES string of the molecule is O=C(O)COc1ccc(/C=C2\SC(=S)NC2=O)cc1O. The molecule has 1 aliphatic rings. The van der Waals surface area contributed by atoms with Crippen molar-refractivity contribution in [1.29, 1.82) is 0 Å². The van der Waals surface area contributed by atoms with Crippen LogP contribution in [-0.4, -0.2) is 33.0 Å². The van der Waals surface area contributed by atoms with Crippen molar-refractivity contribution < 1.29 is 24.5 Å². The fourth-order valence-electron chi connectivity index (χ4n) is 1.46. The Morgan fingerprint density at radius 1 is 1.50 bits per heavy atom. The predicted molar refractivity (Wildman–Crippen MR) is 77.5 cm³/mol. The maximum atomic E-state index is 11.5. The zero-order chi connectivity index (χ0) is 14.7. The highest BCUT2D eigenvalue weighted by atomic mass is 32.2. The van der Waals surface area contributed by atoms with Crippen LogP contribution in [-0.2, 0) is 9.59 Å². The fourth-order valence-corrected chi connectivity index (χ4v) is 2.50. The number of benzene rings is 1. The minimum atomic E-state index is -1.14. The van der Waals surface area contributed by atoms with Crippen LogP contribution >= 0.6 is 24.0 Å². The van der Waals surface area contributed by atoms with Crippen LogP contribution in [0.4, 0.5) is 0 Å². The van der Waals surface area contributed by atoms with Crippen LogP contribution in [0, 0.1) is 0 Å². The Morgan fingerprint density at radius 2 is 2.25 bits per heavy atom. The second-order valence-electron chi connectivity index (χ2n) is 3.76. The number of rotatable bonds is 4. The summed E-state index contributed by atoms with van der Waals surface area (Å²) >= 11 is 5.99. The first kappa shape index (κ1) is 14.4. The van der Waals surface area contributed by atoms with Crippen molar-refractivity contribution >= 4 is 46.3 Å². The second-order valence-corrected chi connectivity index (χ2v) is 5.48. The second kappa shape index (κ2) is 5.93. The fraction of sp³-hybridized carbons (Fsp3) is 0.0833. The summed E-state index contributed by atoms with van der Waals surface area (Å²) in [5.74, 6) is -1.56. The number of carboxylic acids is 1. The smallest absolute Gasteiger partial charge is 0.341 e. The number of thiocarbonyl (C=S) groups is 1. The number of hydrogen-bond donors (Lipinski definition) is 3. The van der Waals surface area contributed by atoms with Gasteiger partial charge in [0.1, 0.15) is 4.32 Å². The van der Waals surface area contributed by atoms with Gasteiger partial charge in [-0.1, -0.05) is 30.0 Å². The van der Waals surface area contributed by atoms with E-state index in [1.54, 1.807) is 12.1 Å². The van der Waals surface area contributed by atoms with Crippen molar-refractivity contribution in [1.82, 2.24) is 5.32 Å². The number of phenols is 1. The Morgan fingerprint density at radius 3 is 2.80 bits per heavy atom. The first-order valence-corrected chi connectivity index (χ1v) is 6.60. The molecular formula is C12H9NO5S2. The number of nitrogens with one attached hydrogen (secondary N) is 1. The third-order valence-corrected chi connectivity index (χ3v) is 3.44. The van der Waals surface area contributed by atoms with E-state index in [0.717, 1.165) is 11.8 Å². The van der Waals surface area contributed by atoms with Gasteiger partial charge >= 0.3 is 5.97 Å². The first-order chi connectivity index (χ1) is 9.45. The Balaban J connectivity index is 2.17. The number of carbonyl (C=O) groups excluding carboxylic acids is 1. The number of carbonyl (C=O) groups is 2. The molecule has 6 nitrogen and oxygen atoms in total. The van der Waals surface area contributed by atoms with Gasteiger partial charge in [0.25, 0.3) is 5.91 Å². The standard InChI is InChI=1S/C12H9NO5S2/c14-7-3-6(1-2-8(7)18-5-10(15)16)4-9-11(17)13-12(19)20-9/h1-4,14H,5H2,(H,15,16)(H,13,17,19)/b9-4-. The van der Waals surface area contributed by atoms with Crippen LogP contribution in [0.1, 0.15) is 5.56 Å². The highest BCUT2D eigenvalue weighted by molar-refractivity contribution is 8.26. The molecule has 0 unspecified atom stereocenters. The largest absolute Gasteiger partial charge is 0.504 e. The molecule has 0 spiro atoms. The zero-order valence-corrected chi connectivity index (χ0v) is 11.6. The van der Waals surface area contributed by atoms with Crippen molar-refractivity contribution in [2.75, 3.05) is 6.61 Å². The molecule has 1 aromatic carbocycles. The highest BCUT2D eigenvalue weighted by Gasteiger charge is 2.22. The van der Waals surface area contributed by atoms with Gasteiger partial charge in [-0.2, -0.15) is 0 Å². The normalized spacial score (nSPS) is 16.3. The van der Waals surface area contributed by atoms with Gasteiger partial charge in [-0.05, 0) is 23.8 Å². The topological polar surface area (TPSA) is 95.9 Å². The van der Waals surface area contributed by atoms with Crippen molar-refractivity contribution in [3.63, 3.8) is 0 Å². The van der Waals surface area contributed by atoms with Crippen LogP contribution in [0.3, 0.4) is 0 Å². The van der Waals surface area contributed by atoms with E-state index in [2.05, 4.69) is 5.32 Å². The van der Waals surface area contributed by atoms with E-state index in [1.165, 1.54) is 12.1 Å². The summed E-state index contributed by atoms with van der Waals surface area (Å²) in [6.45, 7) is -0.541. The zero-order valence-electron chi connectivity index (χ0n) is 9.95.